The quantitative estimate of drug-likeness (QED) is 0.537. The first-order chi connectivity index (χ1) is 11.8. The minimum Gasteiger partial charge on any atom is -0.454 e. The van der Waals surface area contributed by atoms with E-state index in [4.69, 9.17) is 14.2 Å². The van der Waals surface area contributed by atoms with E-state index in [0.717, 1.165) is 30.0 Å². The molecule has 1 heterocycles. The highest BCUT2D eigenvalue weighted by Crippen LogP contribution is 2.32. The van der Waals surface area contributed by atoms with Crippen molar-refractivity contribution in [2.75, 3.05) is 26.5 Å². The van der Waals surface area contributed by atoms with Crippen LogP contribution < -0.4 is 14.8 Å². The number of ether oxygens (including phenoxy) is 3. The van der Waals surface area contributed by atoms with Crippen molar-refractivity contribution >= 4 is 0 Å². The highest BCUT2D eigenvalue weighted by atomic mass is 16.7. The first-order valence-corrected chi connectivity index (χ1v) is 8.84. The van der Waals surface area contributed by atoms with Gasteiger partial charge in [0.05, 0.1) is 19.3 Å². The van der Waals surface area contributed by atoms with Crippen molar-refractivity contribution in [3.05, 3.63) is 35.4 Å². The normalized spacial score (nSPS) is 17.6. The molecule has 1 atom stereocenters. The van der Waals surface area contributed by atoms with Gasteiger partial charge in [-0.15, -0.1) is 0 Å². The summed E-state index contributed by atoms with van der Waals surface area (Å²) >= 11 is 0. The van der Waals surface area contributed by atoms with Gasteiger partial charge in [-0.1, -0.05) is 17.7 Å². The summed E-state index contributed by atoms with van der Waals surface area (Å²) in [7, 11) is 0. The van der Waals surface area contributed by atoms with E-state index in [9.17, 15) is 5.11 Å². The summed E-state index contributed by atoms with van der Waals surface area (Å²) in [6, 6.07) is 5.76. The Morgan fingerprint density at radius 1 is 1.21 bits per heavy atom. The first-order valence-electron chi connectivity index (χ1n) is 8.84. The Bertz CT molecular complexity index is 558. The largest absolute Gasteiger partial charge is 0.454 e. The molecule has 1 aliphatic heterocycles. The average molecular weight is 333 g/mol. The maximum Gasteiger partial charge on any atom is 0.231 e. The Hall–Kier alpha value is -1.56. The average Bonchev–Trinajstić information content (AvgIpc) is 3.07. The van der Waals surface area contributed by atoms with E-state index in [-0.39, 0.29) is 6.79 Å². The molecular weight excluding hydrogens is 306 g/mol. The second-order valence-corrected chi connectivity index (χ2v) is 6.42. The summed E-state index contributed by atoms with van der Waals surface area (Å²) in [5.41, 5.74) is 2.57. The van der Waals surface area contributed by atoms with Gasteiger partial charge >= 0.3 is 0 Å². The second kappa shape index (κ2) is 9.06. The number of rotatable bonds is 9. The fourth-order valence-electron chi connectivity index (χ4n) is 3.05. The van der Waals surface area contributed by atoms with E-state index >= 15 is 0 Å². The summed E-state index contributed by atoms with van der Waals surface area (Å²) in [5, 5.41) is 13.3. The van der Waals surface area contributed by atoms with Gasteiger partial charge in [-0.05, 0) is 56.3 Å². The third-order valence-electron chi connectivity index (χ3n) is 4.40. The molecule has 2 aliphatic rings. The van der Waals surface area contributed by atoms with Gasteiger partial charge in [0.25, 0.3) is 0 Å². The maximum atomic E-state index is 9.97. The number of fused-ring (bicyclic) bond motifs is 1. The standard InChI is InChI=1S/C19H27NO4/c21-17(11-20-9-8-15-4-2-1-3-5-15)13-22-12-16-6-7-18-19(10-16)24-14-23-18/h4,6-7,10,17,20-21H,1-3,5,8-9,11-14H2/t17-/m1/s1. The number of aliphatic hydroxyl groups excluding tert-OH is 1. The third kappa shape index (κ3) is 5.23. The summed E-state index contributed by atoms with van der Waals surface area (Å²) < 4.78 is 16.2. The van der Waals surface area contributed by atoms with Crippen LogP contribution in [0, 0.1) is 0 Å². The molecule has 0 saturated heterocycles. The van der Waals surface area contributed by atoms with Crippen molar-refractivity contribution in [1.82, 2.24) is 5.32 Å². The van der Waals surface area contributed by atoms with Crippen LogP contribution in [0.15, 0.2) is 29.8 Å². The topological polar surface area (TPSA) is 60.0 Å². The van der Waals surface area contributed by atoms with Gasteiger partial charge in [-0.2, -0.15) is 0 Å². The first kappa shape index (κ1) is 17.3. The monoisotopic (exact) mass is 333 g/mol. The molecule has 1 aliphatic carbocycles. The minimum atomic E-state index is -0.487. The van der Waals surface area contributed by atoms with Crippen LogP contribution in [0.5, 0.6) is 11.5 Å². The van der Waals surface area contributed by atoms with Crippen molar-refractivity contribution in [2.45, 2.75) is 44.8 Å². The second-order valence-electron chi connectivity index (χ2n) is 6.42. The van der Waals surface area contributed by atoms with Gasteiger partial charge in [0, 0.05) is 6.54 Å². The fraction of sp³-hybridized carbons (Fsp3) is 0.579. The van der Waals surface area contributed by atoms with Crippen LogP contribution in [-0.2, 0) is 11.3 Å². The van der Waals surface area contributed by atoms with E-state index < -0.39 is 6.10 Å². The summed E-state index contributed by atoms with van der Waals surface area (Å²) in [5.74, 6) is 1.53. The molecule has 2 N–H and O–H groups in total. The molecule has 0 amide bonds. The number of aliphatic hydroxyl groups is 1. The molecule has 1 aromatic rings. The van der Waals surface area contributed by atoms with Crippen LogP contribution >= 0.6 is 0 Å². The molecule has 132 valence electrons. The van der Waals surface area contributed by atoms with E-state index in [2.05, 4.69) is 11.4 Å². The Labute approximate surface area is 143 Å². The van der Waals surface area contributed by atoms with E-state index in [0.29, 0.717) is 19.8 Å². The highest BCUT2D eigenvalue weighted by Gasteiger charge is 2.13. The molecular formula is C19H27NO4. The van der Waals surface area contributed by atoms with Gasteiger partial charge in [-0.3, -0.25) is 0 Å². The lowest BCUT2D eigenvalue weighted by Crippen LogP contribution is -2.31. The van der Waals surface area contributed by atoms with Gasteiger partial charge in [0.2, 0.25) is 6.79 Å². The number of hydrogen-bond acceptors (Lipinski definition) is 5. The predicted molar refractivity (Wildman–Crippen MR) is 92.3 cm³/mol. The molecule has 0 radical (unpaired) electrons. The number of hydrogen-bond donors (Lipinski definition) is 2. The number of benzene rings is 1. The van der Waals surface area contributed by atoms with Crippen molar-refractivity contribution in [1.29, 1.82) is 0 Å². The predicted octanol–water partition coefficient (Wildman–Crippen LogP) is 2.77. The molecule has 0 spiro atoms. The lowest BCUT2D eigenvalue weighted by atomic mass is 9.97. The summed E-state index contributed by atoms with van der Waals surface area (Å²) in [6.07, 6.45) is 8.09. The molecule has 0 saturated carbocycles. The summed E-state index contributed by atoms with van der Waals surface area (Å²) in [6.45, 7) is 2.55. The van der Waals surface area contributed by atoms with Gasteiger partial charge in [0.15, 0.2) is 11.5 Å². The fourth-order valence-corrected chi connectivity index (χ4v) is 3.05. The molecule has 3 rings (SSSR count). The minimum absolute atomic E-state index is 0.279. The Morgan fingerprint density at radius 2 is 2.12 bits per heavy atom. The van der Waals surface area contributed by atoms with Crippen molar-refractivity contribution < 1.29 is 19.3 Å². The van der Waals surface area contributed by atoms with Crippen molar-refractivity contribution in [3.63, 3.8) is 0 Å². The smallest absolute Gasteiger partial charge is 0.231 e. The molecule has 0 aromatic heterocycles. The van der Waals surface area contributed by atoms with E-state index in [1.54, 1.807) is 5.57 Å². The van der Waals surface area contributed by atoms with E-state index in [1.807, 2.05) is 18.2 Å². The third-order valence-corrected chi connectivity index (χ3v) is 4.40. The molecule has 0 unspecified atom stereocenters. The molecule has 5 heteroatoms. The lowest BCUT2D eigenvalue weighted by Gasteiger charge is -2.15. The highest BCUT2D eigenvalue weighted by molar-refractivity contribution is 5.44. The SMILES string of the molecule is O[C@H](CNCCC1=CCCCC1)COCc1ccc2c(c1)OCO2. The summed E-state index contributed by atoms with van der Waals surface area (Å²) in [4.78, 5) is 0. The number of allylic oxidation sites excluding steroid dienone is 1. The van der Waals surface area contributed by atoms with Crippen LogP contribution in [-0.4, -0.2) is 37.7 Å². The van der Waals surface area contributed by atoms with Gasteiger partial charge < -0.3 is 24.6 Å². The molecule has 5 nitrogen and oxygen atoms in total. The molecule has 24 heavy (non-hydrogen) atoms. The van der Waals surface area contributed by atoms with Gasteiger partial charge in [0.1, 0.15) is 0 Å². The van der Waals surface area contributed by atoms with E-state index in [1.165, 1.54) is 25.7 Å². The van der Waals surface area contributed by atoms with Crippen LogP contribution in [0.25, 0.3) is 0 Å². The van der Waals surface area contributed by atoms with Crippen LogP contribution in [0.4, 0.5) is 0 Å². The van der Waals surface area contributed by atoms with Crippen LogP contribution in [0.2, 0.25) is 0 Å². The Morgan fingerprint density at radius 3 is 3.00 bits per heavy atom. The van der Waals surface area contributed by atoms with Crippen molar-refractivity contribution in [3.8, 4) is 11.5 Å². The van der Waals surface area contributed by atoms with Gasteiger partial charge in [-0.25, -0.2) is 0 Å². The lowest BCUT2D eigenvalue weighted by molar-refractivity contribution is 0.0289. The molecule has 1 aromatic carbocycles. The van der Waals surface area contributed by atoms with Crippen molar-refractivity contribution in [2.24, 2.45) is 0 Å². The zero-order chi connectivity index (χ0) is 16.6. The molecule has 0 fully saturated rings. The Balaban J connectivity index is 1.27. The zero-order valence-electron chi connectivity index (χ0n) is 14.1. The van der Waals surface area contributed by atoms with Crippen LogP contribution in [0.3, 0.4) is 0 Å². The number of nitrogens with one attached hydrogen (secondary N) is 1. The molecule has 0 bridgehead atoms. The Kier molecular flexibility index (Phi) is 6.52. The van der Waals surface area contributed by atoms with Crippen LogP contribution in [0.1, 0.15) is 37.7 Å². The maximum absolute atomic E-state index is 9.97. The zero-order valence-corrected chi connectivity index (χ0v) is 14.1.